The van der Waals surface area contributed by atoms with Gasteiger partial charge in [-0.2, -0.15) is 0 Å². The summed E-state index contributed by atoms with van der Waals surface area (Å²) in [6.07, 6.45) is 11.3. The SMILES string of the molecule is CCC[CH2][Sn]([CH2]CCC)([CH2]CCC)[C]1=C[C@@H](C[Se]c2ccccc2)[C@@H](C)[C@@H](C)O1. The second-order valence-electron chi connectivity index (χ2n) is 9.09. The van der Waals surface area contributed by atoms with Gasteiger partial charge in [0, 0.05) is 0 Å². The molecule has 0 unspecified atom stereocenters. The van der Waals surface area contributed by atoms with Crippen LogP contribution in [0, 0.1) is 11.8 Å². The van der Waals surface area contributed by atoms with Crippen LogP contribution in [-0.4, -0.2) is 39.4 Å². The number of allylic oxidation sites excluding steroid dienone is 1. The fraction of sp³-hybridized carbons (Fsp3) is 0.692. The van der Waals surface area contributed by atoms with Crippen molar-refractivity contribution in [1.29, 1.82) is 0 Å². The number of ether oxygens (including phenoxy) is 1. The molecule has 0 amide bonds. The van der Waals surface area contributed by atoms with Crippen molar-refractivity contribution in [3.05, 3.63) is 40.2 Å². The zero-order valence-corrected chi connectivity index (χ0v) is 24.2. The molecule has 0 fully saturated rings. The molecule has 0 saturated heterocycles. The third-order valence-electron chi connectivity index (χ3n) is 6.83. The zero-order chi connectivity index (χ0) is 21.1. The van der Waals surface area contributed by atoms with Crippen LogP contribution in [0.4, 0.5) is 0 Å². The van der Waals surface area contributed by atoms with Gasteiger partial charge in [0.2, 0.25) is 0 Å². The molecule has 0 aromatic heterocycles. The molecule has 1 heterocycles. The van der Waals surface area contributed by atoms with E-state index in [1.165, 1.54) is 57.2 Å². The summed E-state index contributed by atoms with van der Waals surface area (Å²) in [6.45, 7) is 11.9. The Morgan fingerprint density at radius 2 is 1.41 bits per heavy atom. The summed E-state index contributed by atoms with van der Waals surface area (Å²) in [5.74, 6) is 1.34. The second-order valence-corrected chi connectivity index (χ2v) is 24.4. The van der Waals surface area contributed by atoms with E-state index in [0.29, 0.717) is 32.9 Å². The Morgan fingerprint density at radius 3 is 1.93 bits per heavy atom. The van der Waals surface area contributed by atoms with Crippen LogP contribution in [0.25, 0.3) is 0 Å². The maximum atomic E-state index is 6.80. The summed E-state index contributed by atoms with van der Waals surface area (Å²) in [7, 11) is 0. The van der Waals surface area contributed by atoms with Gasteiger partial charge in [-0.25, -0.2) is 0 Å². The summed E-state index contributed by atoms with van der Waals surface area (Å²) in [5.41, 5.74) is 0. The fourth-order valence-electron chi connectivity index (χ4n) is 4.54. The molecule has 3 atom stereocenters. The van der Waals surface area contributed by atoms with Gasteiger partial charge in [0.1, 0.15) is 0 Å². The quantitative estimate of drug-likeness (QED) is 0.225. The molecule has 0 saturated carbocycles. The van der Waals surface area contributed by atoms with Crippen LogP contribution in [0.2, 0.25) is 18.6 Å². The van der Waals surface area contributed by atoms with E-state index in [1.807, 2.05) is 0 Å². The van der Waals surface area contributed by atoms with Gasteiger partial charge in [-0.3, -0.25) is 0 Å². The molecule has 2 rings (SSSR count). The second kappa shape index (κ2) is 13.5. The van der Waals surface area contributed by atoms with Gasteiger partial charge < -0.3 is 0 Å². The molecule has 0 radical (unpaired) electrons. The van der Waals surface area contributed by atoms with E-state index in [2.05, 4.69) is 71.0 Å². The van der Waals surface area contributed by atoms with Crippen molar-refractivity contribution in [2.75, 3.05) is 0 Å². The van der Waals surface area contributed by atoms with Gasteiger partial charge in [0.15, 0.2) is 0 Å². The fourth-order valence-corrected chi connectivity index (χ4v) is 22.9. The summed E-state index contributed by atoms with van der Waals surface area (Å²) < 4.78 is 14.4. The van der Waals surface area contributed by atoms with Crippen LogP contribution in [0.3, 0.4) is 0 Å². The standard InChI is InChI=1S/C14H17OSe.3C4H9.Sn/c1-11-12(2)15-9-8-13(11)10-16-14-6-4-3-5-7-14;3*1-3-4-2;/h3-8,11-13H,10H2,1-2H3;3*1,3-4H2,2H3;/t11-,12+,13-;;;;/m0..../s1. The van der Waals surface area contributed by atoms with Crippen LogP contribution in [0.1, 0.15) is 73.1 Å². The first kappa shape index (κ1) is 25.3. The number of unbranched alkanes of at least 4 members (excludes halogenated alkanes) is 3. The third-order valence-corrected chi connectivity index (χ3v) is 24.3. The molecule has 1 nitrogen and oxygen atoms in total. The number of benzene rings is 1. The molecule has 164 valence electrons. The number of hydrogen-bond donors (Lipinski definition) is 0. The van der Waals surface area contributed by atoms with Crippen molar-refractivity contribution in [2.45, 2.75) is 97.9 Å². The van der Waals surface area contributed by atoms with Crippen molar-refractivity contribution in [2.24, 2.45) is 11.8 Å². The van der Waals surface area contributed by atoms with Crippen molar-refractivity contribution in [3.63, 3.8) is 0 Å². The minimum absolute atomic E-state index is 0.382. The van der Waals surface area contributed by atoms with Crippen molar-refractivity contribution >= 4 is 37.8 Å². The number of rotatable bonds is 13. The van der Waals surface area contributed by atoms with Crippen molar-refractivity contribution in [3.8, 4) is 0 Å². The zero-order valence-electron chi connectivity index (χ0n) is 19.6. The molecular formula is C26H44OSeSn. The molecule has 1 aromatic carbocycles. The van der Waals surface area contributed by atoms with Gasteiger partial charge in [0.05, 0.1) is 0 Å². The first-order chi connectivity index (χ1) is 14.1. The molecule has 1 aliphatic rings. The van der Waals surface area contributed by atoms with Gasteiger partial charge >= 0.3 is 192 Å². The Bertz CT molecular complexity index is 578. The first-order valence-electron chi connectivity index (χ1n) is 12.1. The van der Waals surface area contributed by atoms with Crippen molar-refractivity contribution in [1.82, 2.24) is 0 Å². The Morgan fingerprint density at radius 1 is 0.862 bits per heavy atom. The predicted molar refractivity (Wildman–Crippen MR) is 133 cm³/mol. The van der Waals surface area contributed by atoms with Crippen LogP contribution >= 0.6 is 0 Å². The normalized spacial score (nSPS) is 22.2. The summed E-state index contributed by atoms with van der Waals surface area (Å²) in [6, 6.07) is 11.1. The molecule has 0 spiro atoms. The summed E-state index contributed by atoms with van der Waals surface area (Å²) >= 11 is -1.89. The van der Waals surface area contributed by atoms with Gasteiger partial charge in [0.25, 0.3) is 0 Å². The van der Waals surface area contributed by atoms with Gasteiger partial charge in [-0.05, 0) is 0 Å². The molecule has 1 aliphatic heterocycles. The molecule has 0 bridgehead atoms. The average molecular weight is 570 g/mol. The van der Waals surface area contributed by atoms with Crippen molar-refractivity contribution < 1.29 is 4.74 Å². The minimum atomic E-state index is -2.46. The molecule has 0 aliphatic carbocycles. The van der Waals surface area contributed by atoms with E-state index in [9.17, 15) is 0 Å². The Hall–Kier alpha value is 0.0782. The topological polar surface area (TPSA) is 9.23 Å². The van der Waals surface area contributed by atoms with E-state index in [-0.39, 0.29) is 0 Å². The van der Waals surface area contributed by atoms with Gasteiger partial charge in [-0.1, -0.05) is 0 Å². The Balaban J connectivity index is 2.26. The van der Waals surface area contributed by atoms with E-state index in [1.54, 1.807) is 8.24 Å². The molecule has 1 aromatic rings. The Labute approximate surface area is 191 Å². The van der Waals surface area contributed by atoms with Crippen LogP contribution in [0.15, 0.2) is 40.2 Å². The molecular weight excluding hydrogens is 526 g/mol. The molecule has 0 N–H and O–H groups in total. The summed E-state index contributed by atoms with van der Waals surface area (Å²) in [5, 5.41) is 1.33. The van der Waals surface area contributed by atoms with Crippen LogP contribution in [0.5, 0.6) is 0 Å². The van der Waals surface area contributed by atoms with Crippen LogP contribution in [-0.2, 0) is 4.74 Å². The van der Waals surface area contributed by atoms with E-state index in [0.717, 1.165) is 0 Å². The van der Waals surface area contributed by atoms with Crippen LogP contribution < -0.4 is 4.46 Å². The first-order valence-corrected chi connectivity index (χ1v) is 21.7. The third kappa shape index (κ3) is 7.61. The Kier molecular flexibility index (Phi) is 11.8. The summed E-state index contributed by atoms with van der Waals surface area (Å²) in [4.78, 5) is 0. The average Bonchev–Trinajstić information content (AvgIpc) is 2.75. The van der Waals surface area contributed by atoms with E-state index >= 15 is 0 Å². The number of hydrogen-bond acceptors (Lipinski definition) is 1. The molecule has 3 heteroatoms. The molecule has 29 heavy (non-hydrogen) atoms. The van der Waals surface area contributed by atoms with E-state index in [4.69, 9.17) is 4.74 Å². The predicted octanol–water partition coefficient (Wildman–Crippen LogP) is 7.38. The van der Waals surface area contributed by atoms with Gasteiger partial charge in [-0.15, -0.1) is 0 Å². The maximum absolute atomic E-state index is 6.80. The van der Waals surface area contributed by atoms with E-state index < -0.39 is 18.4 Å². The monoisotopic (exact) mass is 572 g/mol.